The van der Waals surface area contributed by atoms with Gasteiger partial charge in [-0.25, -0.2) is 0 Å². The second kappa shape index (κ2) is 3.38. The topological polar surface area (TPSA) is 64.9 Å². The maximum Gasteiger partial charge on any atom is 0.0580 e. The van der Waals surface area contributed by atoms with Crippen LogP contribution in [0.25, 0.3) is 11.1 Å². The van der Waals surface area contributed by atoms with Crippen LogP contribution in [0, 0.1) is 0 Å². The van der Waals surface area contributed by atoms with Crippen molar-refractivity contribution in [2.75, 3.05) is 11.5 Å². The van der Waals surface area contributed by atoms with E-state index in [9.17, 15) is 0 Å². The average Bonchev–Trinajstić information content (AvgIpc) is 2.18. The Morgan fingerprint density at radius 2 is 1.93 bits per heavy atom. The maximum absolute atomic E-state index is 5.80. The molecule has 0 aliphatic carbocycles. The molecule has 1 aromatic heterocycles. The molecule has 3 nitrogen and oxygen atoms in total. The van der Waals surface area contributed by atoms with Crippen LogP contribution in [0.15, 0.2) is 42.7 Å². The third-order valence-corrected chi connectivity index (χ3v) is 2.05. The molecule has 0 aliphatic heterocycles. The second-order valence-corrected chi connectivity index (χ2v) is 3.09. The predicted octanol–water partition coefficient (Wildman–Crippen LogP) is 1.91. The van der Waals surface area contributed by atoms with Crippen LogP contribution >= 0.6 is 0 Å². The molecule has 0 spiro atoms. The zero-order valence-electron chi connectivity index (χ0n) is 7.64. The number of anilines is 2. The van der Waals surface area contributed by atoms with Crippen LogP contribution in [0.1, 0.15) is 0 Å². The number of hydrogen-bond acceptors (Lipinski definition) is 3. The van der Waals surface area contributed by atoms with E-state index in [1.165, 1.54) is 0 Å². The van der Waals surface area contributed by atoms with E-state index in [1.54, 1.807) is 12.4 Å². The van der Waals surface area contributed by atoms with Gasteiger partial charge in [-0.05, 0) is 23.8 Å². The zero-order valence-corrected chi connectivity index (χ0v) is 7.64. The van der Waals surface area contributed by atoms with E-state index in [0.29, 0.717) is 5.69 Å². The minimum Gasteiger partial charge on any atom is -0.399 e. The summed E-state index contributed by atoms with van der Waals surface area (Å²) in [7, 11) is 0. The van der Waals surface area contributed by atoms with Crippen LogP contribution < -0.4 is 11.5 Å². The summed E-state index contributed by atoms with van der Waals surface area (Å²) in [6.07, 6.45) is 3.35. The van der Waals surface area contributed by atoms with Gasteiger partial charge in [0.2, 0.25) is 0 Å². The standard InChI is InChI=1S/C11H11N3/c12-9-3-1-2-8(6-9)10-4-5-14-7-11(10)13/h1-7H,12-13H2. The smallest absolute Gasteiger partial charge is 0.0580 e. The normalized spacial score (nSPS) is 10.0. The van der Waals surface area contributed by atoms with Crippen LogP contribution in [0.2, 0.25) is 0 Å². The molecule has 14 heavy (non-hydrogen) atoms. The molecule has 0 atom stereocenters. The summed E-state index contributed by atoms with van der Waals surface area (Å²) in [5.41, 5.74) is 14.9. The van der Waals surface area contributed by atoms with Gasteiger partial charge in [-0.1, -0.05) is 12.1 Å². The summed E-state index contributed by atoms with van der Waals surface area (Å²) in [4.78, 5) is 3.94. The summed E-state index contributed by atoms with van der Waals surface area (Å²) >= 11 is 0. The number of aromatic nitrogens is 1. The number of nitrogens with two attached hydrogens (primary N) is 2. The van der Waals surface area contributed by atoms with Crippen LogP contribution in [0.3, 0.4) is 0 Å². The minimum atomic E-state index is 0.665. The Labute approximate surface area is 82.4 Å². The Bertz CT molecular complexity index is 452. The molecule has 2 rings (SSSR count). The highest BCUT2D eigenvalue weighted by Gasteiger charge is 2.01. The van der Waals surface area contributed by atoms with E-state index < -0.39 is 0 Å². The van der Waals surface area contributed by atoms with E-state index in [4.69, 9.17) is 11.5 Å². The molecule has 3 heteroatoms. The van der Waals surface area contributed by atoms with E-state index >= 15 is 0 Å². The third kappa shape index (κ3) is 1.52. The Kier molecular flexibility index (Phi) is 2.07. The molecule has 0 unspecified atom stereocenters. The first-order chi connectivity index (χ1) is 6.77. The molecule has 0 radical (unpaired) electrons. The average molecular weight is 185 g/mol. The van der Waals surface area contributed by atoms with Crippen molar-refractivity contribution >= 4 is 11.4 Å². The van der Waals surface area contributed by atoms with Crippen molar-refractivity contribution in [3.8, 4) is 11.1 Å². The second-order valence-electron chi connectivity index (χ2n) is 3.09. The molecular weight excluding hydrogens is 174 g/mol. The summed E-state index contributed by atoms with van der Waals surface area (Å²) in [5.74, 6) is 0. The molecule has 0 saturated heterocycles. The maximum atomic E-state index is 5.80. The van der Waals surface area contributed by atoms with Crippen molar-refractivity contribution in [2.45, 2.75) is 0 Å². The molecular formula is C11H11N3. The van der Waals surface area contributed by atoms with Crippen LogP contribution in [-0.2, 0) is 0 Å². The highest BCUT2D eigenvalue weighted by atomic mass is 14.7. The SMILES string of the molecule is Nc1cccc(-c2ccncc2N)c1. The number of nitrogens with zero attached hydrogens (tertiary/aromatic N) is 1. The summed E-state index contributed by atoms with van der Waals surface area (Å²) < 4.78 is 0. The van der Waals surface area contributed by atoms with E-state index in [2.05, 4.69) is 4.98 Å². The fourth-order valence-electron chi connectivity index (χ4n) is 1.38. The predicted molar refractivity (Wildman–Crippen MR) is 58.5 cm³/mol. The monoisotopic (exact) mass is 185 g/mol. The van der Waals surface area contributed by atoms with E-state index in [0.717, 1.165) is 16.8 Å². The van der Waals surface area contributed by atoms with Crippen molar-refractivity contribution in [1.82, 2.24) is 4.98 Å². The van der Waals surface area contributed by atoms with Crippen molar-refractivity contribution in [3.05, 3.63) is 42.7 Å². The highest BCUT2D eigenvalue weighted by Crippen LogP contribution is 2.25. The lowest BCUT2D eigenvalue weighted by molar-refractivity contribution is 1.33. The Morgan fingerprint density at radius 3 is 2.64 bits per heavy atom. The van der Waals surface area contributed by atoms with Crippen molar-refractivity contribution in [2.24, 2.45) is 0 Å². The fraction of sp³-hybridized carbons (Fsp3) is 0. The molecule has 0 aliphatic rings. The van der Waals surface area contributed by atoms with Gasteiger partial charge in [-0.15, -0.1) is 0 Å². The number of nitrogen functional groups attached to an aromatic ring is 2. The number of pyridine rings is 1. The quantitative estimate of drug-likeness (QED) is 0.667. The highest BCUT2D eigenvalue weighted by molar-refractivity contribution is 5.77. The number of rotatable bonds is 1. The lowest BCUT2D eigenvalue weighted by Crippen LogP contribution is -1.91. The minimum absolute atomic E-state index is 0.665. The summed E-state index contributed by atoms with van der Waals surface area (Å²) in [6.45, 7) is 0. The molecule has 1 heterocycles. The third-order valence-electron chi connectivity index (χ3n) is 2.05. The molecule has 0 bridgehead atoms. The van der Waals surface area contributed by atoms with Gasteiger partial charge in [0, 0.05) is 17.4 Å². The van der Waals surface area contributed by atoms with Gasteiger partial charge >= 0.3 is 0 Å². The number of benzene rings is 1. The molecule has 4 N–H and O–H groups in total. The first-order valence-electron chi connectivity index (χ1n) is 4.33. The van der Waals surface area contributed by atoms with Crippen LogP contribution in [0.4, 0.5) is 11.4 Å². The Hall–Kier alpha value is -2.03. The van der Waals surface area contributed by atoms with Gasteiger partial charge in [-0.2, -0.15) is 0 Å². The van der Waals surface area contributed by atoms with Gasteiger partial charge in [0.25, 0.3) is 0 Å². The Morgan fingerprint density at radius 1 is 1.07 bits per heavy atom. The molecule has 0 amide bonds. The molecule has 2 aromatic rings. The van der Waals surface area contributed by atoms with Crippen molar-refractivity contribution < 1.29 is 0 Å². The zero-order chi connectivity index (χ0) is 9.97. The van der Waals surface area contributed by atoms with Crippen molar-refractivity contribution in [1.29, 1.82) is 0 Å². The first-order valence-corrected chi connectivity index (χ1v) is 4.33. The van der Waals surface area contributed by atoms with Crippen LogP contribution in [-0.4, -0.2) is 4.98 Å². The number of hydrogen-bond donors (Lipinski definition) is 2. The largest absolute Gasteiger partial charge is 0.399 e. The fourth-order valence-corrected chi connectivity index (χ4v) is 1.38. The van der Waals surface area contributed by atoms with Gasteiger partial charge in [0.15, 0.2) is 0 Å². The van der Waals surface area contributed by atoms with Crippen LogP contribution in [0.5, 0.6) is 0 Å². The van der Waals surface area contributed by atoms with Gasteiger partial charge in [0.1, 0.15) is 0 Å². The first kappa shape index (κ1) is 8.56. The summed E-state index contributed by atoms with van der Waals surface area (Å²) in [6, 6.07) is 9.50. The molecule has 70 valence electrons. The van der Waals surface area contributed by atoms with Gasteiger partial charge in [-0.3, -0.25) is 4.98 Å². The molecule has 0 saturated carbocycles. The van der Waals surface area contributed by atoms with E-state index in [-0.39, 0.29) is 0 Å². The Balaban J connectivity index is 2.55. The lowest BCUT2D eigenvalue weighted by atomic mass is 10.1. The molecule has 0 fully saturated rings. The van der Waals surface area contributed by atoms with E-state index in [1.807, 2.05) is 30.3 Å². The van der Waals surface area contributed by atoms with Gasteiger partial charge < -0.3 is 11.5 Å². The lowest BCUT2D eigenvalue weighted by Gasteiger charge is -2.05. The summed E-state index contributed by atoms with van der Waals surface area (Å²) in [5, 5.41) is 0. The molecule has 1 aromatic carbocycles. The van der Waals surface area contributed by atoms with Crippen molar-refractivity contribution in [3.63, 3.8) is 0 Å². The van der Waals surface area contributed by atoms with Gasteiger partial charge in [0.05, 0.1) is 11.9 Å².